The lowest BCUT2D eigenvalue weighted by Gasteiger charge is -2.36. The van der Waals surface area contributed by atoms with Crippen molar-refractivity contribution in [2.24, 2.45) is 7.05 Å². The van der Waals surface area contributed by atoms with E-state index < -0.39 is 5.92 Å². The van der Waals surface area contributed by atoms with Crippen LogP contribution < -0.4 is 0 Å². The molecule has 2 aliphatic rings. The van der Waals surface area contributed by atoms with Crippen LogP contribution in [0.25, 0.3) is 0 Å². The van der Waals surface area contributed by atoms with Gasteiger partial charge in [-0.1, -0.05) is 0 Å². The maximum Gasteiger partial charge on any atom is 0.262 e. The molecule has 106 valence electrons. The number of aryl methyl sites for hydroxylation is 2. The summed E-state index contributed by atoms with van der Waals surface area (Å²) in [5.74, 6) is -2.50. The number of alkyl halides is 2. The Morgan fingerprint density at radius 2 is 2.21 bits per heavy atom. The molecule has 4 nitrogen and oxygen atoms in total. The SMILES string of the molecule is Cc1cc(CN2CCN3CC(F)(F)C[C@H]3C2)nn1C. The van der Waals surface area contributed by atoms with E-state index >= 15 is 0 Å². The number of nitrogens with zero attached hydrogens (tertiary/aromatic N) is 4. The molecule has 0 aliphatic carbocycles. The molecule has 0 unspecified atom stereocenters. The number of hydrogen-bond acceptors (Lipinski definition) is 3. The molecule has 2 fully saturated rings. The second-order valence-corrected chi connectivity index (χ2v) is 5.82. The number of rotatable bonds is 2. The van der Waals surface area contributed by atoms with Crippen LogP contribution in [0.2, 0.25) is 0 Å². The molecule has 0 bridgehead atoms. The average Bonchev–Trinajstić information content (AvgIpc) is 2.77. The Balaban J connectivity index is 1.62. The molecule has 3 heterocycles. The Kier molecular flexibility index (Phi) is 3.09. The van der Waals surface area contributed by atoms with Crippen molar-refractivity contribution in [1.29, 1.82) is 0 Å². The van der Waals surface area contributed by atoms with Gasteiger partial charge in [0.1, 0.15) is 0 Å². The van der Waals surface area contributed by atoms with Crippen molar-refractivity contribution in [1.82, 2.24) is 19.6 Å². The van der Waals surface area contributed by atoms with Gasteiger partial charge < -0.3 is 0 Å². The van der Waals surface area contributed by atoms with Crippen LogP contribution >= 0.6 is 0 Å². The molecule has 0 radical (unpaired) electrons. The van der Waals surface area contributed by atoms with Crippen molar-refractivity contribution in [2.75, 3.05) is 26.2 Å². The first-order chi connectivity index (χ1) is 8.93. The summed E-state index contributed by atoms with van der Waals surface area (Å²) in [5, 5.41) is 4.43. The predicted octanol–water partition coefficient (Wildman–Crippen LogP) is 1.25. The van der Waals surface area contributed by atoms with E-state index in [9.17, 15) is 8.78 Å². The molecule has 1 aromatic rings. The largest absolute Gasteiger partial charge is 0.295 e. The van der Waals surface area contributed by atoms with E-state index in [2.05, 4.69) is 16.1 Å². The van der Waals surface area contributed by atoms with Crippen LogP contribution in [0, 0.1) is 6.92 Å². The van der Waals surface area contributed by atoms with Gasteiger partial charge in [-0.25, -0.2) is 8.78 Å². The van der Waals surface area contributed by atoms with Crippen molar-refractivity contribution in [2.45, 2.75) is 31.9 Å². The summed E-state index contributed by atoms with van der Waals surface area (Å²) in [6.07, 6.45) is 0.00471. The third kappa shape index (κ3) is 2.65. The normalized spacial score (nSPS) is 27.7. The minimum Gasteiger partial charge on any atom is -0.295 e. The molecule has 0 aromatic carbocycles. The van der Waals surface area contributed by atoms with Crippen LogP contribution in [0.3, 0.4) is 0 Å². The van der Waals surface area contributed by atoms with Crippen LogP contribution in [0.5, 0.6) is 0 Å². The van der Waals surface area contributed by atoms with Crippen LogP contribution in [-0.4, -0.2) is 57.7 Å². The maximum absolute atomic E-state index is 13.4. The van der Waals surface area contributed by atoms with Gasteiger partial charge in [0.15, 0.2) is 0 Å². The zero-order valence-corrected chi connectivity index (χ0v) is 11.4. The maximum atomic E-state index is 13.4. The number of fused-ring (bicyclic) bond motifs is 1. The molecule has 0 amide bonds. The lowest BCUT2D eigenvalue weighted by molar-refractivity contribution is 0.0119. The lowest BCUT2D eigenvalue weighted by Crippen LogP contribution is -2.49. The van der Waals surface area contributed by atoms with Gasteiger partial charge in [0.05, 0.1) is 12.2 Å². The van der Waals surface area contributed by atoms with E-state index in [0.717, 1.165) is 37.6 Å². The standard InChI is InChI=1S/C13H20F2N4/c1-10-5-11(16-17(10)2)7-18-3-4-19-9-13(14,15)6-12(19)8-18/h5,12H,3-4,6-9H2,1-2H3/t12-/m0/s1. The van der Waals surface area contributed by atoms with Crippen LogP contribution in [0.1, 0.15) is 17.8 Å². The van der Waals surface area contributed by atoms with Crippen LogP contribution in [0.4, 0.5) is 8.78 Å². The second-order valence-electron chi connectivity index (χ2n) is 5.82. The van der Waals surface area contributed by atoms with Gasteiger partial charge in [-0.3, -0.25) is 14.5 Å². The molecule has 19 heavy (non-hydrogen) atoms. The fourth-order valence-electron chi connectivity index (χ4n) is 3.15. The Morgan fingerprint density at radius 3 is 2.89 bits per heavy atom. The molecular formula is C13H20F2N4. The van der Waals surface area contributed by atoms with Crippen LogP contribution in [-0.2, 0) is 13.6 Å². The van der Waals surface area contributed by atoms with Gasteiger partial charge in [-0.05, 0) is 13.0 Å². The van der Waals surface area contributed by atoms with E-state index in [-0.39, 0.29) is 19.0 Å². The Labute approximate surface area is 112 Å². The van der Waals surface area contributed by atoms with E-state index in [1.807, 2.05) is 23.6 Å². The highest BCUT2D eigenvalue weighted by molar-refractivity contribution is 5.08. The summed E-state index contributed by atoms with van der Waals surface area (Å²) in [5.41, 5.74) is 2.15. The first-order valence-corrected chi connectivity index (χ1v) is 6.77. The molecule has 0 spiro atoms. The quantitative estimate of drug-likeness (QED) is 0.808. The first kappa shape index (κ1) is 13.0. The monoisotopic (exact) mass is 270 g/mol. The number of piperazine rings is 1. The summed E-state index contributed by atoms with van der Waals surface area (Å²) < 4.78 is 28.6. The highest BCUT2D eigenvalue weighted by Crippen LogP contribution is 2.33. The Hall–Kier alpha value is -1.01. The van der Waals surface area contributed by atoms with E-state index in [0.29, 0.717) is 0 Å². The predicted molar refractivity (Wildman–Crippen MR) is 68.1 cm³/mol. The molecular weight excluding hydrogens is 250 g/mol. The molecule has 2 saturated heterocycles. The van der Waals surface area contributed by atoms with Crippen molar-refractivity contribution in [3.63, 3.8) is 0 Å². The molecule has 6 heteroatoms. The zero-order valence-electron chi connectivity index (χ0n) is 11.4. The smallest absolute Gasteiger partial charge is 0.262 e. The number of halogens is 2. The summed E-state index contributed by atoms with van der Waals surface area (Å²) in [6.45, 7) is 5.04. The van der Waals surface area contributed by atoms with Gasteiger partial charge in [0, 0.05) is 51.4 Å². The second kappa shape index (κ2) is 4.52. The van der Waals surface area contributed by atoms with Crippen molar-refractivity contribution in [3.8, 4) is 0 Å². The number of hydrogen-bond donors (Lipinski definition) is 0. The molecule has 1 atom stereocenters. The first-order valence-electron chi connectivity index (χ1n) is 6.77. The summed E-state index contributed by atoms with van der Waals surface area (Å²) in [7, 11) is 1.92. The van der Waals surface area contributed by atoms with E-state index in [1.165, 1.54) is 0 Å². The minimum atomic E-state index is -2.50. The summed E-state index contributed by atoms with van der Waals surface area (Å²) in [6, 6.07) is 2.07. The molecule has 0 saturated carbocycles. The van der Waals surface area contributed by atoms with E-state index in [1.54, 1.807) is 0 Å². The molecule has 2 aliphatic heterocycles. The Morgan fingerprint density at radius 1 is 1.42 bits per heavy atom. The highest BCUT2D eigenvalue weighted by atomic mass is 19.3. The summed E-state index contributed by atoms with van der Waals surface area (Å²) in [4.78, 5) is 4.17. The van der Waals surface area contributed by atoms with E-state index in [4.69, 9.17) is 0 Å². The fourth-order valence-corrected chi connectivity index (χ4v) is 3.15. The van der Waals surface area contributed by atoms with Crippen molar-refractivity contribution < 1.29 is 8.78 Å². The van der Waals surface area contributed by atoms with Gasteiger partial charge in [-0.2, -0.15) is 5.10 Å². The van der Waals surface area contributed by atoms with Gasteiger partial charge in [-0.15, -0.1) is 0 Å². The Bertz CT molecular complexity index is 452. The third-order valence-corrected chi connectivity index (χ3v) is 4.21. The highest BCUT2D eigenvalue weighted by Gasteiger charge is 2.46. The van der Waals surface area contributed by atoms with Crippen molar-refractivity contribution >= 4 is 0 Å². The minimum absolute atomic E-state index is 0.00471. The third-order valence-electron chi connectivity index (χ3n) is 4.21. The van der Waals surface area contributed by atoms with Gasteiger partial charge in [0.2, 0.25) is 0 Å². The number of aromatic nitrogens is 2. The van der Waals surface area contributed by atoms with Crippen LogP contribution in [0.15, 0.2) is 6.07 Å². The topological polar surface area (TPSA) is 24.3 Å². The average molecular weight is 270 g/mol. The van der Waals surface area contributed by atoms with Gasteiger partial charge >= 0.3 is 0 Å². The lowest BCUT2D eigenvalue weighted by atomic mass is 10.1. The van der Waals surface area contributed by atoms with Crippen molar-refractivity contribution in [3.05, 3.63) is 17.5 Å². The zero-order chi connectivity index (χ0) is 13.6. The summed E-state index contributed by atoms with van der Waals surface area (Å²) >= 11 is 0. The molecule has 1 aromatic heterocycles. The molecule has 0 N–H and O–H groups in total. The molecule has 3 rings (SSSR count). The van der Waals surface area contributed by atoms with Gasteiger partial charge in [0.25, 0.3) is 5.92 Å². The fraction of sp³-hybridized carbons (Fsp3) is 0.769.